The Balaban J connectivity index is 1.43. The van der Waals surface area contributed by atoms with Crippen LogP contribution in [-0.4, -0.2) is 58.3 Å². The van der Waals surface area contributed by atoms with Crippen molar-refractivity contribution in [2.75, 3.05) is 26.3 Å². The van der Waals surface area contributed by atoms with Gasteiger partial charge in [-0.05, 0) is 25.0 Å². The minimum Gasteiger partial charge on any atom is -0.381 e. The fourth-order valence-corrected chi connectivity index (χ4v) is 4.29. The maximum Gasteiger partial charge on any atom is 0.132 e. The average molecular weight is 344 g/mol. The summed E-state index contributed by atoms with van der Waals surface area (Å²) >= 11 is 0. The van der Waals surface area contributed by atoms with E-state index in [0.29, 0.717) is 23.9 Å². The maximum absolute atomic E-state index is 14.2. The molecule has 7 heteroatoms. The molecule has 1 aromatic heterocycles. The van der Waals surface area contributed by atoms with Gasteiger partial charge in [0.15, 0.2) is 0 Å². The number of benzene rings is 1. The number of likely N-dealkylation sites (tertiary alicyclic amines) is 1. The lowest BCUT2D eigenvalue weighted by atomic mass is 10.1. The molecule has 2 atom stereocenters. The molecule has 2 fully saturated rings. The zero-order chi connectivity index (χ0) is 16.8. The van der Waals surface area contributed by atoms with Gasteiger partial charge in [-0.25, -0.2) is 9.07 Å². The SMILES string of the molecule is Fc1ccccc1-c1nnn2c1COC1CN(C3CCOCC3)CC12. The van der Waals surface area contributed by atoms with Crippen molar-refractivity contribution in [2.24, 2.45) is 0 Å². The van der Waals surface area contributed by atoms with Crippen molar-refractivity contribution in [3.8, 4) is 11.3 Å². The van der Waals surface area contributed by atoms with Crippen molar-refractivity contribution in [3.63, 3.8) is 0 Å². The standard InChI is InChI=1S/C18H21FN4O2/c19-14-4-2-1-3-13(14)18-16-11-25-17-10-22(12-5-7-24-8-6-12)9-15(17)23(16)21-20-18/h1-4,12,15,17H,5-11H2. The van der Waals surface area contributed by atoms with Gasteiger partial charge in [-0.1, -0.05) is 17.3 Å². The number of aromatic nitrogens is 3. The quantitative estimate of drug-likeness (QED) is 0.834. The van der Waals surface area contributed by atoms with Gasteiger partial charge >= 0.3 is 0 Å². The molecule has 2 aromatic rings. The molecule has 3 aliphatic heterocycles. The van der Waals surface area contributed by atoms with Crippen molar-refractivity contribution in [2.45, 2.75) is 37.6 Å². The molecule has 1 aromatic carbocycles. The van der Waals surface area contributed by atoms with Crippen LogP contribution in [0.3, 0.4) is 0 Å². The Bertz CT molecular complexity index is 774. The zero-order valence-corrected chi connectivity index (χ0v) is 14.0. The van der Waals surface area contributed by atoms with Gasteiger partial charge in [-0.15, -0.1) is 5.10 Å². The largest absolute Gasteiger partial charge is 0.381 e. The molecule has 2 saturated heterocycles. The summed E-state index contributed by atoms with van der Waals surface area (Å²) in [5, 5.41) is 8.65. The van der Waals surface area contributed by atoms with Crippen LogP contribution in [0.1, 0.15) is 24.6 Å². The van der Waals surface area contributed by atoms with Crippen LogP contribution in [0.25, 0.3) is 11.3 Å². The Morgan fingerprint density at radius 3 is 2.80 bits per heavy atom. The molecule has 0 aliphatic carbocycles. The normalized spacial score (nSPS) is 27.2. The van der Waals surface area contributed by atoms with E-state index in [1.807, 2.05) is 10.7 Å². The first-order valence-electron chi connectivity index (χ1n) is 8.93. The first-order valence-corrected chi connectivity index (χ1v) is 8.93. The summed E-state index contributed by atoms with van der Waals surface area (Å²) in [6, 6.07) is 7.41. The van der Waals surface area contributed by atoms with Crippen molar-refractivity contribution < 1.29 is 13.9 Å². The molecule has 6 nitrogen and oxygen atoms in total. The monoisotopic (exact) mass is 344 g/mol. The summed E-state index contributed by atoms with van der Waals surface area (Å²) < 4.78 is 27.7. The number of hydrogen-bond donors (Lipinski definition) is 0. The Hall–Kier alpha value is -1.83. The number of hydrogen-bond acceptors (Lipinski definition) is 5. The molecule has 132 valence electrons. The van der Waals surface area contributed by atoms with E-state index in [1.54, 1.807) is 12.1 Å². The van der Waals surface area contributed by atoms with Crippen LogP contribution in [0.2, 0.25) is 0 Å². The minimum absolute atomic E-state index is 0.130. The second kappa shape index (κ2) is 6.16. The van der Waals surface area contributed by atoms with Crippen molar-refractivity contribution in [1.29, 1.82) is 0 Å². The number of ether oxygens (including phenoxy) is 2. The highest BCUT2D eigenvalue weighted by molar-refractivity contribution is 5.62. The average Bonchev–Trinajstić information content (AvgIpc) is 3.26. The minimum atomic E-state index is -0.275. The van der Waals surface area contributed by atoms with Crippen LogP contribution < -0.4 is 0 Å². The summed E-state index contributed by atoms with van der Waals surface area (Å²) in [5.74, 6) is -0.275. The van der Waals surface area contributed by atoms with Crippen molar-refractivity contribution in [1.82, 2.24) is 19.9 Å². The molecule has 0 spiro atoms. The van der Waals surface area contributed by atoms with Gasteiger partial charge in [0, 0.05) is 37.9 Å². The highest BCUT2D eigenvalue weighted by Gasteiger charge is 2.43. The van der Waals surface area contributed by atoms with Gasteiger partial charge in [0.1, 0.15) is 11.5 Å². The van der Waals surface area contributed by atoms with Crippen LogP contribution in [0.5, 0.6) is 0 Å². The van der Waals surface area contributed by atoms with E-state index in [1.165, 1.54) is 6.07 Å². The van der Waals surface area contributed by atoms with Crippen LogP contribution in [0.4, 0.5) is 4.39 Å². The number of fused-ring (bicyclic) bond motifs is 3. The van der Waals surface area contributed by atoms with Crippen LogP contribution in [0.15, 0.2) is 24.3 Å². The molecule has 0 radical (unpaired) electrons. The number of halogens is 1. The van der Waals surface area contributed by atoms with Crippen LogP contribution >= 0.6 is 0 Å². The topological polar surface area (TPSA) is 52.4 Å². The van der Waals surface area contributed by atoms with Gasteiger partial charge in [0.2, 0.25) is 0 Å². The molecule has 25 heavy (non-hydrogen) atoms. The van der Waals surface area contributed by atoms with E-state index in [0.717, 1.165) is 44.8 Å². The third kappa shape index (κ3) is 2.58. The fraction of sp³-hybridized carbons (Fsp3) is 0.556. The van der Waals surface area contributed by atoms with Gasteiger partial charge in [0.25, 0.3) is 0 Å². The molecular weight excluding hydrogens is 323 g/mol. The van der Waals surface area contributed by atoms with Gasteiger partial charge in [-0.2, -0.15) is 0 Å². The van der Waals surface area contributed by atoms with E-state index in [9.17, 15) is 4.39 Å². The van der Waals surface area contributed by atoms with Crippen molar-refractivity contribution >= 4 is 0 Å². The van der Waals surface area contributed by atoms with E-state index in [2.05, 4.69) is 15.2 Å². The maximum atomic E-state index is 14.2. The predicted octanol–water partition coefficient (Wildman–Crippen LogP) is 2.02. The third-order valence-corrected chi connectivity index (χ3v) is 5.64. The van der Waals surface area contributed by atoms with E-state index in [-0.39, 0.29) is 18.0 Å². The second-order valence-corrected chi connectivity index (χ2v) is 7.02. The molecule has 2 unspecified atom stereocenters. The molecule has 3 aliphatic rings. The molecule has 0 N–H and O–H groups in total. The summed E-state index contributed by atoms with van der Waals surface area (Å²) in [7, 11) is 0. The molecule has 0 saturated carbocycles. The molecule has 0 bridgehead atoms. The Morgan fingerprint density at radius 2 is 1.96 bits per heavy atom. The van der Waals surface area contributed by atoms with Crippen molar-refractivity contribution in [3.05, 3.63) is 35.8 Å². The summed E-state index contributed by atoms with van der Waals surface area (Å²) in [4.78, 5) is 2.50. The van der Waals surface area contributed by atoms with Crippen LogP contribution in [0, 0.1) is 5.82 Å². The summed E-state index contributed by atoms with van der Waals surface area (Å²) in [6.07, 6.45) is 2.28. The predicted molar refractivity (Wildman–Crippen MR) is 88.4 cm³/mol. The Morgan fingerprint density at radius 1 is 1.12 bits per heavy atom. The van der Waals surface area contributed by atoms with E-state index in [4.69, 9.17) is 9.47 Å². The lowest BCUT2D eigenvalue weighted by molar-refractivity contribution is -0.00870. The summed E-state index contributed by atoms with van der Waals surface area (Å²) in [5.41, 5.74) is 1.96. The second-order valence-electron chi connectivity index (χ2n) is 7.02. The van der Waals surface area contributed by atoms with E-state index >= 15 is 0 Å². The van der Waals surface area contributed by atoms with Crippen LogP contribution in [-0.2, 0) is 16.1 Å². The molecule has 0 amide bonds. The molecular formula is C18H21FN4O2. The Labute approximate surface area is 145 Å². The number of nitrogens with zero attached hydrogens (tertiary/aromatic N) is 4. The number of rotatable bonds is 2. The van der Waals surface area contributed by atoms with Gasteiger partial charge < -0.3 is 9.47 Å². The highest BCUT2D eigenvalue weighted by atomic mass is 19.1. The Kier molecular flexibility index (Phi) is 3.80. The fourth-order valence-electron chi connectivity index (χ4n) is 4.29. The summed E-state index contributed by atoms with van der Waals surface area (Å²) in [6.45, 7) is 3.93. The first-order chi connectivity index (χ1) is 12.3. The molecule has 5 rings (SSSR count). The van der Waals surface area contributed by atoms with Gasteiger partial charge in [0.05, 0.1) is 24.4 Å². The third-order valence-electron chi connectivity index (χ3n) is 5.64. The van der Waals surface area contributed by atoms with E-state index < -0.39 is 0 Å². The zero-order valence-electron chi connectivity index (χ0n) is 14.0. The lowest BCUT2D eigenvalue weighted by Crippen LogP contribution is -2.38. The highest BCUT2D eigenvalue weighted by Crippen LogP contribution is 2.36. The smallest absolute Gasteiger partial charge is 0.132 e. The lowest BCUT2D eigenvalue weighted by Gasteiger charge is -2.30. The molecule has 4 heterocycles. The first kappa shape index (κ1) is 15.4. The van der Waals surface area contributed by atoms with Gasteiger partial charge in [-0.3, -0.25) is 4.90 Å².